The van der Waals surface area contributed by atoms with E-state index in [0.29, 0.717) is 12.5 Å². The molecule has 1 aliphatic heterocycles. The van der Waals surface area contributed by atoms with E-state index in [0.717, 1.165) is 25.2 Å². The summed E-state index contributed by atoms with van der Waals surface area (Å²) in [6.07, 6.45) is 6.81. The standard InChI is InChI=1S/C10H15N3OS.C5H5N/c1-3-14-10-9(11-15-12-10)8-5-4-6-13(2)7-8;1-2-4-6-5-3-1/h5H,3-4,6-7H2,1-2H3;1-5H. The van der Waals surface area contributed by atoms with Crippen molar-refractivity contribution in [1.82, 2.24) is 18.6 Å². The van der Waals surface area contributed by atoms with E-state index in [9.17, 15) is 0 Å². The lowest BCUT2D eigenvalue weighted by Gasteiger charge is -2.21. The second-order valence-electron chi connectivity index (χ2n) is 4.63. The van der Waals surface area contributed by atoms with Crippen LogP contribution in [0.15, 0.2) is 36.7 Å². The number of ether oxygens (including phenoxy) is 1. The maximum absolute atomic E-state index is 5.44. The molecule has 2 aromatic heterocycles. The van der Waals surface area contributed by atoms with Crippen LogP contribution in [0.25, 0.3) is 5.57 Å². The number of aromatic nitrogens is 3. The lowest BCUT2D eigenvalue weighted by atomic mass is 10.1. The van der Waals surface area contributed by atoms with Gasteiger partial charge in [-0.1, -0.05) is 12.1 Å². The van der Waals surface area contributed by atoms with Crippen LogP contribution < -0.4 is 4.74 Å². The van der Waals surface area contributed by atoms with Gasteiger partial charge in [0, 0.05) is 25.5 Å². The van der Waals surface area contributed by atoms with Crippen LogP contribution in [0, 0.1) is 0 Å². The van der Waals surface area contributed by atoms with Crippen molar-refractivity contribution in [1.29, 1.82) is 0 Å². The lowest BCUT2D eigenvalue weighted by molar-refractivity contribution is 0.327. The summed E-state index contributed by atoms with van der Waals surface area (Å²) in [4.78, 5) is 6.07. The molecule has 0 bridgehead atoms. The summed E-state index contributed by atoms with van der Waals surface area (Å²) in [5.74, 6) is 0.684. The van der Waals surface area contributed by atoms with E-state index in [1.54, 1.807) is 12.4 Å². The second kappa shape index (κ2) is 8.49. The molecule has 21 heavy (non-hydrogen) atoms. The topological polar surface area (TPSA) is 51.1 Å². The van der Waals surface area contributed by atoms with Crippen molar-refractivity contribution in [2.75, 3.05) is 26.7 Å². The van der Waals surface area contributed by atoms with Crippen LogP contribution in [0.4, 0.5) is 0 Å². The molecule has 2 aromatic rings. The third-order valence-corrected chi connectivity index (χ3v) is 3.46. The monoisotopic (exact) mass is 304 g/mol. The van der Waals surface area contributed by atoms with Crippen molar-refractivity contribution < 1.29 is 4.74 Å². The van der Waals surface area contributed by atoms with Gasteiger partial charge in [0.25, 0.3) is 5.88 Å². The first kappa shape index (κ1) is 15.6. The molecule has 5 nitrogen and oxygen atoms in total. The van der Waals surface area contributed by atoms with E-state index in [2.05, 4.69) is 31.8 Å². The zero-order valence-electron chi connectivity index (χ0n) is 12.4. The number of rotatable bonds is 3. The normalized spacial score (nSPS) is 14.9. The highest BCUT2D eigenvalue weighted by Gasteiger charge is 2.17. The fraction of sp³-hybridized carbons (Fsp3) is 0.400. The van der Waals surface area contributed by atoms with Crippen LogP contribution in [-0.4, -0.2) is 45.4 Å². The quantitative estimate of drug-likeness (QED) is 0.872. The van der Waals surface area contributed by atoms with Crippen molar-refractivity contribution in [2.24, 2.45) is 0 Å². The Hall–Kier alpha value is -1.79. The first-order chi connectivity index (χ1) is 10.3. The maximum atomic E-state index is 5.44. The third-order valence-electron chi connectivity index (χ3n) is 2.95. The van der Waals surface area contributed by atoms with Gasteiger partial charge in [0.15, 0.2) is 0 Å². The molecule has 0 atom stereocenters. The van der Waals surface area contributed by atoms with Crippen molar-refractivity contribution >= 4 is 17.3 Å². The molecule has 0 aromatic carbocycles. The Bertz CT molecular complexity index is 529. The highest BCUT2D eigenvalue weighted by atomic mass is 32.1. The molecular formula is C15H20N4OS. The van der Waals surface area contributed by atoms with Crippen LogP contribution in [-0.2, 0) is 0 Å². The molecule has 0 saturated carbocycles. The Morgan fingerprint density at radius 1 is 1.24 bits per heavy atom. The van der Waals surface area contributed by atoms with Crippen molar-refractivity contribution in [2.45, 2.75) is 13.3 Å². The highest BCUT2D eigenvalue weighted by Crippen LogP contribution is 2.26. The molecule has 0 amide bonds. The zero-order chi connectivity index (χ0) is 14.9. The molecule has 0 aliphatic carbocycles. The number of nitrogens with zero attached hydrogens (tertiary/aromatic N) is 4. The van der Waals surface area contributed by atoms with E-state index in [1.165, 1.54) is 17.3 Å². The molecule has 0 spiro atoms. The van der Waals surface area contributed by atoms with Crippen molar-refractivity contribution in [3.63, 3.8) is 0 Å². The Morgan fingerprint density at radius 2 is 2.05 bits per heavy atom. The molecule has 0 fully saturated rings. The minimum absolute atomic E-state index is 0.640. The summed E-state index contributed by atoms with van der Waals surface area (Å²) in [7, 11) is 2.12. The van der Waals surface area contributed by atoms with Gasteiger partial charge < -0.3 is 9.64 Å². The molecule has 112 valence electrons. The molecule has 3 heterocycles. The van der Waals surface area contributed by atoms with Gasteiger partial charge in [-0.3, -0.25) is 4.98 Å². The average Bonchev–Trinajstić information content (AvgIpc) is 2.98. The average molecular weight is 304 g/mol. The molecule has 6 heteroatoms. The highest BCUT2D eigenvalue weighted by molar-refractivity contribution is 6.99. The van der Waals surface area contributed by atoms with Crippen LogP contribution in [0.3, 0.4) is 0 Å². The van der Waals surface area contributed by atoms with Crippen LogP contribution in [0.1, 0.15) is 19.0 Å². The van der Waals surface area contributed by atoms with Gasteiger partial charge >= 0.3 is 0 Å². The van der Waals surface area contributed by atoms with Gasteiger partial charge in [-0.2, -0.15) is 4.37 Å². The van der Waals surface area contributed by atoms with E-state index >= 15 is 0 Å². The molecule has 0 saturated heterocycles. The first-order valence-electron chi connectivity index (χ1n) is 6.99. The Morgan fingerprint density at radius 3 is 2.62 bits per heavy atom. The molecule has 3 rings (SSSR count). The van der Waals surface area contributed by atoms with Gasteiger partial charge in [-0.25, -0.2) is 0 Å². The van der Waals surface area contributed by atoms with Gasteiger partial charge in [-0.15, -0.1) is 4.37 Å². The lowest BCUT2D eigenvalue weighted by Crippen LogP contribution is -2.25. The SMILES string of the molecule is CCOc1nsnc1C1=CCCN(C)C1.c1ccncc1. The fourth-order valence-corrected chi connectivity index (χ4v) is 2.52. The zero-order valence-corrected chi connectivity index (χ0v) is 13.2. The smallest absolute Gasteiger partial charge is 0.253 e. The minimum Gasteiger partial charge on any atom is -0.476 e. The van der Waals surface area contributed by atoms with E-state index in [-0.39, 0.29) is 0 Å². The predicted molar refractivity (Wildman–Crippen MR) is 85.4 cm³/mol. The summed E-state index contributed by atoms with van der Waals surface area (Å²) in [6, 6.07) is 5.72. The third kappa shape index (κ3) is 4.91. The molecule has 0 unspecified atom stereocenters. The Balaban J connectivity index is 0.000000225. The Labute approximate surface area is 129 Å². The van der Waals surface area contributed by atoms with Crippen molar-refractivity contribution in [3.05, 3.63) is 42.4 Å². The largest absolute Gasteiger partial charge is 0.476 e. The van der Waals surface area contributed by atoms with Gasteiger partial charge in [0.05, 0.1) is 18.3 Å². The van der Waals surface area contributed by atoms with Crippen LogP contribution in [0.5, 0.6) is 5.88 Å². The number of hydrogen-bond acceptors (Lipinski definition) is 6. The van der Waals surface area contributed by atoms with Gasteiger partial charge in [-0.05, 0) is 38.1 Å². The Kier molecular flexibility index (Phi) is 6.30. The fourth-order valence-electron chi connectivity index (χ4n) is 1.99. The number of pyridine rings is 1. The van der Waals surface area contributed by atoms with Crippen molar-refractivity contribution in [3.8, 4) is 5.88 Å². The van der Waals surface area contributed by atoms with E-state index in [1.807, 2.05) is 25.1 Å². The first-order valence-corrected chi connectivity index (χ1v) is 7.72. The number of hydrogen-bond donors (Lipinski definition) is 0. The molecule has 0 radical (unpaired) electrons. The summed E-state index contributed by atoms with van der Waals surface area (Å²) >= 11 is 1.22. The summed E-state index contributed by atoms with van der Waals surface area (Å²) in [6.45, 7) is 4.66. The van der Waals surface area contributed by atoms with Crippen LogP contribution >= 0.6 is 11.7 Å². The maximum Gasteiger partial charge on any atom is 0.253 e. The van der Waals surface area contributed by atoms with E-state index in [4.69, 9.17) is 4.74 Å². The molecule has 0 N–H and O–H groups in total. The number of likely N-dealkylation sites (N-methyl/N-ethyl adjacent to an activating group) is 1. The van der Waals surface area contributed by atoms with E-state index < -0.39 is 0 Å². The van der Waals surface area contributed by atoms with Gasteiger partial charge in [0.2, 0.25) is 0 Å². The molecular weight excluding hydrogens is 284 g/mol. The molecule has 1 aliphatic rings. The minimum atomic E-state index is 0.640. The van der Waals surface area contributed by atoms with Crippen LogP contribution in [0.2, 0.25) is 0 Å². The second-order valence-corrected chi connectivity index (χ2v) is 5.16. The van der Waals surface area contributed by atoms with Gasteiger partial charge in [0.1, 0.15) is 5.69 Å². The summed E-state index contributed by atoms with van der Waals surface area (Å²) < 4.78 is 13.9. The summed E-state index contributed by atoms with van der Waals surface area (Å²) in [5.41, 5.74) is 2.16. The predicted octanol–water partition coefficient (Wildman–Crippen LogP) is 2.74. The summed E-state index contributed by atoms with van der Waals surface area (Å²) in [5, 5.41) is 0.